The average Bonchev–Trinajstić information content (AvgIpc) is 2.55. The lowest BCUT2D eigenvalue weighted by molar-refractivity contribution is -0.142. The lowest BCUT2D eigenvalue weighted by Gasteiger charge is -2.34. The number of anilines is 1. The number of nitrogens with zero attached hydrogens (tertiary/aromatic N) is 1. The molecule has 1 aliphatic rings. The summed E-state index contributed by atoms with van der Waals surface area (Å²) in [5.41, 5.74) is 1.21. The molecule has 0 bridgehead atoms. The Morgan fingerprint density at radius 1 is 1.26 bits per heavy atom. The number of benzene rings is 1. The van der Waals surface area contributed by atoms with E-state index < -0.39 is 12.2 Å². The highest BCUT2D eigenvalue weighted by molar-refractivity contribution is 5.85. The molecule has 1 aromatic rings. The summed E-state index contributed by atoms with van der Waals surface area (Å²) < 4.78 is 15.4. The molecule has 0 aliphatic carbocycles. The molecule has 0 saturated carbocycles. The van der Waals surface area contributed by atoms with Crippen molar-refractivity contribution in [2.45, 2.75) is 19.6 Å². The smallest absolute Gasteiger partial charge is 0.310 e. The van der Waals surface area contributed by atoms with Gasteiger partial charge in [0.1, 0.15) is 5.76 Å². The Hall–Kier alpha value is -2.41. The van der Waals surface area contributed by atoms with Gasteiger partial charge < -0.3 is 29.3 Å². The van der Waals surface area contributed by atoms with E-state index >= 15 is 0 Å². The van der Waals surface area contributed by atoms with Crippen molar-refractivity contribution in [3.05, 3.63) is 23.3 Å². The number of hydrogen-bond donors (Lipinski definition) is 2. The molecule has 2 rings (SSSR count). The first-order chi connectivity index (χ1) is 10.9. The van der Waals surface area contributed by atoms with Crippen LogP contribution in [0.1, 0.15) is 18.9 Å². The average molecular weight is 323 g/mol. The molecule has 7 nitrogen and oxygen atoms in total. The second-order valence-corrected chi connectivity index (χ2v) is 5.06. The third-order valence-electron chi connectivity index (χ3n) is 3.76. The molecule has 126 valence electrons. The minimum absolute atomic E-state index is 0.153. The highest BCUT2D eigenvalue weighted by Gasteiger charge is 2.32. The first-order valence-electron chi connectivity index (χ1n) is 7.19. The Labute approximate surface area is 134 Å². The van der Waals surface area contributed by atoms with Crippen LogP contribution in [0.25, 0.3) is 5.76 Å². The third kappa shape index (κ3) is 3.05. The predicted octanol–water partition coefficient (Wildman–Crippen LogP) is 1.69. The molecule has 2 N–H and O–H groups in total. The fourth-order valence-corrected chi connectivity index (χ4v) is 2.55. The zero-order valence-corrected chi connectivity index (χ0v) is 13.6. The number of aliphatic hydroxyl groups is 2. The Kier molecular flexibility index (Phi) is 5.00. The normalized spacial score (nSPS) is 16.9. The first kappa shape index (κ1) is 17.0. The van der Waals surface area contributed by atoms with Gasteiger partial charge in [0.2, 0.25) is 0 Å². The zero-order chi connectivity index (χ0) is 17.1. The van der Waals surface area contributed by atoms with E-state index in [0.717, 1.165) is 0 Å². The summed E-state index contributed by atoms with van der Waals surface area (Å²) in [7, 11) is 4.66. The summed E-state index contributed by atoms with van der Waals surface area (Å²) >= 11 is 0. The molecule has 0 aromatic heterocycles. The highest BCUT2D eigenvalue weighted by atomic mass is 16.5. The van der Waals surface area contributed by atoms with Crippen molar-refractivity contribution in [2.24, 2.45) is 0 Å². The highest BCUT2D eigenvalue weighted by Crippen LogP contribution is 2.42. The number of esters is 1. The number of hydrogen-bond acceptors (Lipinski definition) is 7. The van der Waals surface area contributed by atoms with Gasteiger partial charge in [0, 0.05) is 24.3 Å². The third-order valence-corrected chi connectivity index (χ3v) is 3.76. The predicted molar refractivity (Wildman–Crippen MR) is 84.8 cm³/mol. The van der Waals surface area contributed by atoms with E-state index in [2.05, 4.69) is 0 Å². The van der Waals surface area contributed by atoms with E-state index in [1.54, 1.807) is 31.0 Å². The number of fused-ring (bicyclic) bond motifs is 1. The number of rotatable bonds is 5. The van der Waals surface area contributed by atoms with Crippen LogP contribution in [0.5, 0.6) is 11.5 Å². The monoisotopic (exact) mass is 323 g/mol. The van der Waals surface area contributed by atoms with E-state index in [9.17, 15) is 15.0 Å². The SMILES string of the molecule is CCOC(=O)CC1=C(O)c2cc(OC)c(OC)cc2N(C)C1O. The van der Waals surface area contributed by atoms with Crippen LogP contribution in [0.3, 0.4) is 0 Å². The zero-order valence-electron chi connectivity index (χ0n) is 13.6. The van der Waals surface area contributed by atoms with Gasteiger partial charge in [-0.25, -0.2) is 0 Å². The number of aliphatic hydroxyl groups excluding tert-OH is 2. The van der Waals surface area contributed by atoms with Crippen molar-refractivity contribution in [3.63, 3.8) is 0 Å². The summed E-state index contributed by atoms with van der Waals surface area (Å²) in [4.78, 5) is 13.2. The van der Waals surface area contributed by atoms with Gasteiger partial charge in [-0.3, -0.25) is 4.79 Å². The van der Waals surface area contributed by atoms with E-state index in [0.29, 0.717) is 22.7 Å². The molecule has 1 heterocycles. The van der Waals surface area contributed by atoms with E-state index in [4.69, 9.17) is 14.2 Å². The molecular weight excluding hydrogens is 302 g/mol. The second kappa shape index (κ2) is 6.78. The molecule has 0 fully saturated rings. The summed E-state index contributed by atoms with van der Waals surface area (Å²) in [5.74, 6) is 0.259. The van der Waals surface area contributed by atoms with E-state index in [1.165, 1.54) is 14.2 Å². The molecule has 1 atom stereocenters. The van der Waals surface area contributed by atoms with Crippen molar-refractivity contribution in [1.82, 2.24) is 0 Å². The van der Waals surface area contributed by atoms with Crippen molar-refractivity contribution >= 4 is 17.4 Å². The van der Waals surface area contributed by atoms with Gasteiger partial charge >= 0.3 is 5.97 Å². The Morgan fingerprint density at radius 2 is 1.87 bits per heavy atom. The van der Waals surface area contributed by atoms with Crippen LogP contribution in [0.15, 0.2) is 17.7 Å². The van der Waals surface area contributed by atoms with Crippen LogP contribution in [-0.4, -0.2) is 50.3 Å². The van der Waals surface area contributed by atoms with Crippen molar-refractivity contribution in [2.75, 3.05) is 32.8 Å². The number of methoxy groups -OCH3 is 2. The van der Waals surface area contributed by atoms with Crippen molar-refractivity contribution in [3.8, 4) is 11.5 Å². The van der Waals surface area contributed by atoms with E-state index in [1.807, 2.05) is 0 Å². The quantitative estimate of drug-likeness (QED) is 0.797. The topological polar surface area (TPSA) is 88.5 Å². The molecule has 1 unspecified atom stereocenters. The van der Waals surface area contributed by atoms with Crippen LogP contribution in [0.2, 0.25) is 0 Å². The lowest BCUT2D eigenvalue weighted by atomic mass is 9.96. The summed E-state index contributed by atoms with van der Waals surface area (Å²) in [6.07, 6.45) is -1.33. The minimum atomic E-state index is -1.13. The van der Waals surface area contributed by atoms with Gasteiger partial charge in [-0.1, -0.05) is 0 Å². The molecule has 7 heteroatoms. The first-order valence-corrected chi connectivity index (χ1v) is 7.19. The van der Waals surface area contributed by atoms with Gasteiger partial charge in [-0.15, -0.1) is 0 Å². The lowest BCUT2D eigenvalue weighted by Crippen LogP contribution is -2.38. The van der Waals surface area contributed by atoms with Crippen LogP contribution < -0.4 is 14.4 Å². The molecule has 23 heavy (non-hydrogen) atoms. The molecule has 0 radical (unpaired) electrons. The minimum Gasteiger partial charge on any atom is -0.507 e. The second-order valence-electron chi connectivity index (χ2n) is 5.06. The van der Waals surface area contributed by atoms with Crippen LogP contribution in [-0.2, 0) is 9.53 Å². The maximum Gasteiger partial charge on any atom is 0.310 e. The Morgan fingerprint density at radius 3 is 2.43 bits per heavy atom. The molecular formula is C16H21NO6. The van der Waals surface area contributed by atoms with Crippen molar-refractivity contribution < 1.29 is 29.2 Å². The number of carbonyl (C=O) groups is 1. The van der Waals surface area contributed by atoms with Crippen LogP contribution in [0.4, 0.5) is 5.69 Å². The largest absolute Gasteiger partial charge is 0.507 e. The van der Waals surface area contributed by atoms with Crippen LogP contribution in [0, 0.1) is 0 Å². The fourth-order valence-electron chi connectivity index (χ4n) is 2.55. The van der Waals surface area contributed by atoms with Gasteiger partial charge in [0.25, 0.3) is 0 Å². The maximum absolute atomic E-state index is 11.7. The fraction of sp³-hybridized carbons (Fsp3) is 0.438. The number of carbonyl (C=O) groups excluding carboxylic acids is 1. The Balaban J connectivity index is 2.52. The molecule has 0 amide bonds. The van der Waals surface area contributed by atoms with Gasteiger partial charge in [0.05, 0.1) is 32.9 Å². The van der Waals surface area contributed by atoms with Crippen LogP contribution >= 0.6 is 0 Å². The van der Waals surface area contributed by atoms with Gasteiger partial charge in [-0.2, -0.15) is 0 Å². The summed E-state index contributed by atoms with van der Waals surface area (Å²) in [6.45, 7) is 1.93. The maximum atomic E-state index is 11.7. The summed E-state index contributed by atoms with van der Waals surface area (Å²) in [5, 5.41) is 20.9. The van der Waals surface area contributed by atoms with Crippen molar-refractivity contribution in [1.29, 1.82) is 0 Å². The molecule has 0 saturated heterocycles. The number of likely N-dealkylation sites (N-methyl/N-ethyl adjacent to an activating group) is 1. The molecule has 1 aromatic carbocycles. The molecule has 1 aliphatic heterocycles. The van der Waals surface area contributed by atoms with E-state index in [-0.39, 0.29) is 24.4 Å². The molecule has 0 spiro atoms. The van der Waals surface area contributed by atoms with Gasteiger partial charge in [0.15, 0.2) is 17.7 Å². The van der Waals surface area contributed by atoms with Gasteiger partial charge in [-0.05, 0) is 13.0 Å². The standard InChI is InChI=1S/C16H21NO6/c1-5-23-14(18)7-10-15(19)9-6-12(21-3)13(22-4)8-11(9)17(2)16(10)20/h6,8,16,19-20H,5,7H2,1-4H3. The Bertz CT molecular complexity index is 640. The summed E-state index contributed by atoms with van der Waals surface area (Å²) in [6, 6.07) is 3.27. The number of ether oxygens (including phenoxy) is 3.